The van der Waals surface area contributed by atoms with Gasteiger partial charge < -0.3 is 20.0 Å². The Bertz CT molecular complexity index is 1450. The monoisotopic (exact) mass is 484 g/mol. The number of nitrogens with one attached hydrogen (secondary N) is 1. The van der Waals surface area contributed by atoms with E-state index in [0.29, 0.717) is 23.1 Å². The van der Waals surface area contributed by atoms with Crippen molar-refractivity contribution >= 4 is 29.0 Å². The van der Waals surface area contributed by atoms with E-state index in [2.05, 4.69) is 37.0 Å². The van der Waals surface area contributed by atoms with Gasteiger partial charge in [-0.05, 0) is 56.2 Å². The van der Waals surface area contributed by atoms with Gasteiger partial charge in [0.15, 0.2) is 11.3 Å². The highest BCUT2D eigenvalue weighted by molar-refractivity contribution is 7.99. The number of imidazole rings is 1. The Morgan fingerprint density at radius 2 is 1.63 bits per heavy atom. The third-order valence-corrected chi connectivity index (χ3v) is 7.06. The molecule has 1 fully saturated rings. The molecule has 5 aromatic rings. The molecule has 9 nitrogen and oxygen atoms in total. The van der Waals surface area contributed by atoms with Crippen LogP contribution in [0.15, 0.2) is 75.1 Å². The number of hydrogen-bond acceptors (Lipinski definition) is 9. The number of benzene rings is 2. The summed E-state index contributed by atoms with van der Waals surface area (Å²) < 4.78 is 5.85. The van der Waals surface area contributed by atoms with Crippen LogP contribution in [-0.4, -0.2) is 48.8 Å². The predicted molar refractivity (Wildman–Crippen MR) is 135 cm³/mol. The van der Waals surface area contributed by atoms with Crippen molar-refractivity contribution in [3.05, 3.63) is 60.8 Å². The van der Waals surface area contributed by atoms with E-state index in [-0.39, 0.29) is 5.54 Å². The van der Waals surface area contributed by atoms with Crippen LogP contribution in [0.3, 0.4) is 0 Å². The van der Waals surface area contributed by atoms with Gasteiger partial charge in [-0.15, -0.1) is 10.2 Å². The van der Waals surface area contributed by atoms with Crippen molar-refractivity contribution in [3.63, 3.8) is 0 Å². The van der Waals surface area contributed by atoms with E-state index in [4.69, 9.17) is 15.1 Å². The number of anilines is 1. The smallest absolute Gasteiger partial charge is 0.248 e. The number of piperidine rings is 1. The summed E-state index contributed by atoms with van der Waals surface area (Å²) in [5, 5.41) is 9.15. The molecule has 1 aliphatic rings. The molecule has 0 atom stereocenters. The fourth-order valence-corrected chi connectivity index (χ4v) is 4.77. The number of H-pyrrole nitrogens is 1. The molecule has 0 spiro atoms. The number of nitrogens with two attached hydrogens (primary N) is 1. The normalized spacial score (nSPS) is 15.5. The summed E-state index contributed by atoms with van der Waals surface area (Å²) >= 11 is 1.53. The topological polar surface area (TPSA) is 123 Å². The van der Waals surface area contributed by atoms with Crippen LogP contribution in [0.25, 0.3) is 34.2 Å². The van der Waals surface area contributed by atoms with E-state index < -0.39 is 0 Å². The van der Waals surface area contributed by atoms with Crippen LogP contribution >= 0.6 is 11.8 Å². The first kappa shape index (κ1) is 21.8. The van der Waals surface area contributed by atoms with Crippen molar-refractivity contribution in [2.24, 2.45) is 5.73 Å². The third kappa shape index (κ3) is 4.62. The maximum absolute atomic E-state index is 6.26. The van der Waals surface area contributed by atoms with Crippen molar-refractivity contribution in [1.82, 2.24) is 30.1 Å². The Morgan fingerprint density at radius 3 is 2.34 bits per heavy atom. The molecule has 0 aliphatic carbocycles. The summed E-state index contributed by atoms with van der Waals surface area (Å²) in [4.78, 5) is 20.4. The van der Waals surface area contributed by atoms with E-state index in [0.717, 1.165) is 52.9 Å². The Balaban J connectivity index is 1.16. The lowest BCUT2D eigenvalue weighted by Crippen LogP contribution is -2.48. The molecule has 4 heterocycles. The summed E-state index contributed by atoms with van der Waals surface area (Å²) in [5.41, 5.74) is 9.21. The number of fused-ring (bicyclic) bond motifs is 1. The Labute approximate surface area is 206 Å². The van der Waals surface area contributed by atoms with Gasteiger partial charge in [-0.2, -0.15) is 4.98 Å². The SMILES string of the molecule is CC1(N)CCN(c2nc3ncc(Sc4ccc(-c5nnc(-c6ccccc6)o5)cc4)nc3[nH]2)CC1. The zero-order valence-electron chi connectivity index (χ0n) is 19.2. The van der Waals surface area contributed by atoms with E-state index in [1.165, 1.54) is 11.8 Å². The maximum Gasteiger partial charge on any atom is 0.248 e. The molecule has 0 radical (unpaired) electrons. The number of aromatic amines is 1. The highest BCUT2D eigenvalue weighted by Crippen LogP contribution is 2.30. The molecule has 1 saturated heterocycles. The molecular weight excluding hydrogens is 460 g/mol. The maximum atomic E-state index is 6.26. The van der Waals surface area contributed by atoms with Crippen LogP contribution < -0.4 is 10.6 Å². The highest BCUT2D eigenvalue weighted by Gasteiger charge is 2.27. The number of nitrogens with zero attached hydrogens (tertiary/aromatic N) is 6. The standard InChI is InChI=1S/C25H24N8OS/c1-25(26)11-13-33(14-12-25)24-29-20-21(30-24)28-19(15-27-20)35-18-9-7-17(8-10-18)23-32-31-22(34-23)16-5-3-2-4-6-16/h2-10,15H,11-14,26H2,1H3,(H,27,28,29,30). The molecular formula is C25H24N8OS. The molecule has 6 rings (SSSR count). The van der Waals surface area contributed by atoms with Gasteiger partial charge in [-0.1, -0.05) is 30.0 Å². The van der Waals surface area contributed by atoms with Crippen LogP contribution in [0.1, 0.15) is 19.8 Å². The lowest BCUT2D eigenvalue weighted by atomic mass is 9.91. The molecule has 0 amide bonds. The van der Waals surface area contributed by atoms with Gasteiger partial charge in [0.05, 0.1) is 6.20 Å². The molecule has 0 saturated carbocycles. The first-order valence-electron chi connectivity index (χ1n) is 11.5. The van der Waals surface area contributed by atoms with E-state index in [9.17, 15) is 0 Å². The van der Waals surface area contributed by atoms with Crippen LogP contribution in [0.2, 0.25) is 0 Å². The summed E-state index contributed by atoms with van der Waals surface area (Å²) in [6.07, 6.45) is 3.61. The van der Waals surface area contributed by atoms with Crippen molar-refractivity contribution < 1.29 is 4.42 Å². The number of aromatic nitrogens is 6. The van der Waals surface area contributed by atoms with E-state index >= 15 is 0 Å². The van der Waals surface area contributed by atoms with Crippen molar-refractivity contribution in [2.45, 2.75) is 35.2 Å². The largest absolute Gasteiger partial charge is 0.416 e. The van der Waals surface area contributed by atoms with Crippen molar-refractivity contribution in [3.8, 4) is 22.9 Å². The van der Waals surface area contributed by atoms with Gasteiger partial charge in [0.1, 0.15) is 5.03 Å². The second-order valence-corrected chi connectivity index (χ2v) is 10.1. The second-order valence-electron chi connectivity index (χ2n) is 8.99. The summed E-state index contributed by atoms with van der Waals surface area (Å²) in [6.45, 7) is 3.84. The molecule has 2 aromatic carbocycles. The summed E-state index contributed by atoms with van der Waals surface area (Å²) in [5.74, 6) is 1.79. The fourth-order valence-electron chi connectivity index (χ4n) is 4.02. The molecule has 10 heteroatoms. The predicted octanol–water partition coefficient (Wildman–Crippen LogP) is 4.54. The van der Waals surface area contributed by atoms with Crippen LogP contribution in [0, 0.1) is 0 Å². The quantitative estimate of drug-likeness (QED) is 0.370. The lowest BCUT2D eigenvalue weighted by molar-refractivity contribution is 0.362. The zero-order valence-corrected chi connectivity index (χ0v) is 20.0. The molecule has 35 heavy (non-hydrogen) atoms. The van der Waals surface area contributed by atoms with Gasteiger partial charge in [0.25, 0.3) is 0 Å². The van der Waals surface area contributed by atoms with Gasteiger partial charge in [-0.3, -0.25) is 0 Å². The Kier molecular flexibility index (Phi) is 5.46. The minimum atomic E-state index is -0.105. The fraction of sp³-hybridized carbons (Fsp3) is 0.240. The first-order valence-corrected chi connectivity index (χ1v) is 12.3. The third-order valence-electron chi connectivity index (χ3n) is 6.15. The molecule has 0 unspecified atom stereocenters. The van der Waals surface area contributed by atoms with Crippen LogP contribution in [0.4, 0.5) is 5.95 Å². The Hall–Kier alpha value is -3.76. The van der Waals surface area contributed by atoms with Gasteiger partial charge >= 0.3 is 0 Å². The number of rotatable bonds is 5. The summed E-state index contributed by atoms with van der Waals surface area (Å²) in [6, 6.07) is 17.7. The van der Waals surface area contributed by atoms with Crippen molar-refractivity contribution in [1.29, 1.82) is 0 Å². The molecule has 176 valence electrons. The molecule has 3 aromatic heterocycles. The number of hydrogen-bond donors (Lipinski definition) is 2. The Morgan fingerprint density at radius 1 is 0.943 bits per heavy atom. The second kappa shape index (κ2) is 8.79. The first-order chi connectivity index (χ1) is 17.0. The molecule has 3 N–H and O–H groups in total. The van der Waals surface area contributed by atoms with Gasteiger partial charge in [-0.25, -0.2) is 9.97 Å². The average Bonchev–Trinajstić information content (AvgIpc) is 3.53. The minimum Gasteiger partial charge on any atom is -0.416 e. The van der Waals surface area contributed by atoms with Crippen molar-refractivity contribution in [2.75, 3.05) is 18.0 Å². The molecule has 1 aliphatic heterocycles. The van der Waals surface area contributed by atoms with E-state index in [1.807, 2.05) is 54.6 Å². The van der Waals surface area contributed by atoms with E-state index in [1.54, 1.807) is 6.20 Å². The zero-order chi connectivity index (χ0) is 23.8. The highest BCUT2D eigenvalue weighted by atomic mass is 32.2. The average molecular weight is 485 g/mol. The van der Waals surface area contributed by atoms with Gasteiger partial charge in [0.2, 0.25) is 17.7 Å². The van der Waals surface area contributed by atoms with Gasteiger partial charge in [0, 0.05) is 34.7 Å². The molecule has 0 bridgehead atoms. The van der Waals surface area contributed by atoms with Crippen LogP contribution in [-0.2, 0) is 0 Å². The van der Waals surface area contributed by atoms with Crippen LogP contribution in [0.5, 0.6) is 0 Å². The minimum absolute atomic E-state index is 0.105. The summed E-state index contributed by atoms with van der Waals surface area (Å²) in [7, 11) is 0. The lowest BCUT2D eigenvalue weighted by Gasteiger charge is -2.36.